The van der Waals surface area contributed by atoms with Gasteiger partial charge in [0, 0.05) is 18.8 Å². The molecule has 1 N–H and O–H groups in total. The highest BCUT2D eigenvalue weighted by Crippen LogP contribution is 2.37. The van der Waals surface area contributed by atoms with Crippen molar-refractivity contribution >= 4 is 29.0 Å². The topological polar surface area (TPSA) is 71.0 Å². The maximum absolute atomic E-state index is 13.3. The Labute approximate surface area is 235 Å². The zero-order chi connectivity index (χ0) is 27.9. The van der Waals surface area contributed by atoms with Crippen LogP contribution in [-0.4, -0.2) is 35.6 Å². The van der Waals surface area contributed by atoms with Gasteiger partial charge < -0.3 is 10.1 Å². The van der Waals surface area contributed by atoms with Crippen LogP contribution in [0.1, 0.15) is 52.4 Å². The standard InChI is InChI=1S/C34H33N3O3/c1-3-37(22-24-11-7-5-8-12-24)23-25-15-18-28(19-16-25)35-32(26-13-9-6-10-14-26)31-29-20-17-27(34(39)40-4-2)21-30(29)36-33(31)38/h5-21,31H,3-4,22-23H2,1-2H3,(H,36,38). The summed E-state index contributed by atoms with van der Waals surface area (Å²) in [6, 6.07) is 33.7. The monoisotopic (exact) mass is 531 g/mol. The summed E-state index contributed by atoms with van der Waals surface area (Å²) in [6.45, 7) is 6.90. The summed E-state index contributed by atoms with van der Waals surface area (Å²) >= 11 is 0. The van der Waals surface area contributed by atoms with Gasteiger partial charge in [0.05, 0.1) is 23.6 Å². The van der Waals surface area contributed by atoms with Crippen LogP contribution in [0.2, 0.25) is 0 Å². The minimum Gasteiger partial charge on any atom is -0.462 e. The molecule has 0 aliphatic carbocycles. The van der Waals surface area contributed by atoms with Crippen LogP contribution in [0.5, 0.6) is 0 Å². The minimum atomic E-state index is -0.602. The molecule has 202 valence electrons. The molecule has 1 aliphatic heterocycles. The lowest BCUT2D eigenvalue weighted by molar-refractivity contribution is -0.115. The third-order valence-electron chi connectivity index (χ3n) is 7.03. The van der Waals surface area contributed by atoms with Gasteiger partial charge in [-0.05, 0) is 60.0 Å². The number of hydrogen-bond donors (Lipinski definition) is 1. The lowest BCUT2D eigenvalue weighted by Crippen LogP contribution is -2.22. The molecular formula is C34H33N3O3. The second-order valence-electron chi connectivity index (χ2n) is 9.76. The predicted octanol–water partition coefficient (Wildman–Crippen LogP) is 6.74. The van der Waals surface area contributed by atoms with Crippen molar-refractivity contribution in [2.24, 2.45) is 4.99 Å². The van der Waals surface area contributed by atoms with Crippen molar-refractivity contribution in [1.82, 2.24) is 4.90 Å². The molecule has 0 saturated carbocycles. The van der Waals surface area contributed by atoms with E-state index in [2.05, 4.69) is 53.5 Å². The SMILES string of the molecule is CCOC(=O)c1ccc2c(c1)NC(=O)C2C(=Nc1ccc(CN(CC)Cc2ccccc2)cc1)c1ccccc1. The van der Waals surface area contributed by atoms with Crippen LogP contribution in [0.25, 0.3) is 0 Å². The molecule has 1 unspecified atom stereocenters. The predicted molar refractivity (Wildman–Crippen MR) is 159 cm³/mol. The second-order valence-corrected chi connectivity index (χ2v) is 9.76. The Morgan fingerprint density at radius 1 is 0.825 bits per heavy atom. The highest BCUT2D eigenvalue weighted by molar-refractivity contribution is 6.24. The van der Waals surface area contributed by atoms with Gasteiger partial charge >= 0.3 is 5.97 Å². The number of carbonyl (C=O) groups excluding carboxylic acids is 2. The van der Waals surface area contributed by atoms with Crippen LogP contribution in [0, 0.1) is 0 Å². The van der Waals surface area contributed by atoms with Gasteiger partial charge in [-0.1, -0.05) is 85.8 Å². The number of hydrogen-bond acceptors (Lipinski definition) is 5. The molecule has 1 amide bonds. The summed E-state index contributed by atoms with van der Waals surface area (Å²) in [7, 11) is 0. The van der Waals surface area contributed by atoms with E-state index >= 15 is 0 Å². The molecule has 4 aromatic carbocycles. The summed E-state index contributed by atoms with van der Waals surface area (Å²) in [6.07, 6.45) is 0. The fourth-order valence-electron chi connectivity index (χ4n) is 4.97. The summed E-state index contributed by atoms with van der Waals surface area (Å²) in [5, 5.41) is 2.94. The molecule has 1 aliphatic rings. The van der Waals surface area contributed by atoms with E-state index in [-0.39, 0.29) is 12.5 Å². The molecule has 40 heavy (non-hydrogen) atoms. The molecule has 6 heteroatoms. The van der Waals surface area contributed by atoms with E-state index in [4.69, 9.17) is 9.73 Å². The van der Waals surface area contributed by atoms with E-state index in [0.29, 0.717) is 17.0 Å². The van der Waals surface area contributed by atoms with Gasteiger partial charge in [-0.25, -0.2) is 4.79 Å². The first-order valence-electron chi connectivity index (χ1n) is 13.7. The first kappa shape index (κ1) is 27.0. The highest BCUT2D eigenvalue weighted by atomic mass is 16.5. The van der Waals surface area contributed by atoms with E-state index in [0.717, 1.165) is 36.4 Å². The second kappa shape index (κ2) is 12.5. The lowest BCUT2D eigenvalue weighted by atomic mass is 9.90. The maximum Gasteiger partial charge on any atom is 0.338 e. The fourth-order valence-corrected chi connectivity index (χ4v) is 4.97. The first-order chi connectivity index (χ1) is 19.6. The molecule has 0 radical (unpaired) electrons. The van der Waals surface area contributed by atoms with E-state index < -0.39 is 11.9 Å². The Kier molecular flexibility index (Phi) is 8.47. The van der Waals surface area contributed by atoms with Crippen molar-refractivity contribution < 1.29 is 14.3 Å². The quantitative estimate of drug-likeness (QED) is 0.182. The summed E-state index contributed by atoms with van der Waals surface area (Å²) < 4.78 is 5.13. The molecule has 1 heterocycles. The molecule has 0 saturated heterocycles. The van der Waals surface area contributed by atoms with E-state index in [1.165, 1.54) is 11.1 Å². The molecule has 0 bridgehead atoms. The summed E-state index contributed by atoms with van der Waals surface area (Å²) in [5.74, 6) is -1.19. The zero-order valence-electron chi connectivity index (χ0n) is 22.8. The number of fused-ring (bicyclic) bond motifs is 1. The van der Waals surface area contributed by atoms with Crippen LogP contribution < -0.4 is 5.32 Å². The fraction of sp³-hybridized carbons (Fsp3) is 0.206. The number of amides is 1. The van der Waals surface area contributed by atoms with E-state index in [1.54, 1.807) is 19.1 Å². The number of rotatable bonds is 10. The number of aliphatic imine (C=N–C) groups is 1. The van der Waals surface area contributed by atoms with E-state index in [9.17, 15) is 9.59 Å². The number of benzene rings is 4. The maximum atomic E-state index is 13.3. The van der Waals surface area contributed by atoms with Crippen molar-refractivity contribution in [3.05, 3.63) is 131 Å². The van der Waals surface area contributed by atoms with Crippen LogP contribution in [0.4, 0.5) is 11.4 Å². The van der Waals surface area contributed by atoms with Crippen molar-refractivity contribution in [3.8, 4) is 0 Å². The van der Waals surface area contributed by atoms with Crippen molar-refractivity contribution in [2.45, 2.75) is 32.9 Å². The first-order valence-corrected chi connectivity index (χ1v) is 13.7. The van der Waals surface area contributed by atoms with Crippen LogP contribution in [0.3, 0.4) is 0 Å². The van der Waals surface area contributed by atoms with Crippen LogP contribution >= 0.6 is 0 Å². The molecule has 0 fully saturated rings. The molecular weight excluding hydrogens is 498 g/mol. The third kappa shape index (κ3) is 6.19. The highest BCUT2D eigenvalue weighted by Gasteiger charge is 2.36. The van der Waals surface area contributed by atoms with Gasteiger partial charge in [-0.3, -0.25) is 14.7 Å². The largest absolute Gasteiger partial charge is 0.462 e. The average Bonchev–Trinajstić information content (AvgIpc) is 3.32. The van der Waals surface area contributed by atoms with Gasteiger partial charge in [-0.2, -0.15) is 0 Å². The summed E-state index contributed by atoms with van der Waals surface area (Å²) in [5.41, 5.74) is 6.61. The Morgan fingerprint density at radius 2 is 1.48 bits per heavy atom. The van der Waals surface area contributed by atoms with Crippen LogP contribution in [-0.2, 0) is 22.6 Å². The van der Waals surface area contributed by atoms with Gasteiger partial charge in [0.2, 0.25) is 5.91 Å². The Bertz CT molecular complexity index is 1500. The Morgan fingerprint density at radius 3 is 2.12 bits per heavy atom. The normalized spacial score (nSPS) is 14.6. The van der Waals surface area contributed by atoms with Gasteiger partial charge in [-0.15, -0.1) is 0 Å². The molecule has 5 rings (SSSR count). The van der Waals surface area contributed by atoms with Crippen molar-refractivity contribution in [1.29, 1.82) is 0 Å². The zero-order valence-corrected chi connectivity index (χ0v) is 22.8. The lowest BCUT2D eigenvalue weighted by Gasteiger charge is -2.20. The number of carbonyl (C=O) groups is 2. The number of ether oxygens (including phenoxy) is 1. The molecule has 0 aromatic heterocycles. The van der Waals surface area contributed by atoms with Gasteiger partial charge in [0.25, 0.3) is 0 Å². The third-order valence-corrected chi connectivity index (χ3v) is 7.03. The van der Waals surface area contributed by atoms with E-state index in [1.807, 2.05) is 54.6 Å². The van der Waals surface area contributed by atoms with Crippen molar-refractivity contribution in [2.75, 3.05) is 18.5 Å². The average molecular weight is 532 g/mol. The number of nitrogens with one attached hydrogen (secondary N) is 1. The Hall–Kier alpha value is -4.55. The summed E-state index contributed by atoms with van der Waals surface area (Å²) in [4.78, 5) is 32.9. The van der Waals surface area contributed by atoms with Crippen molar-refractivity contribution in [3.63, 3.8) is 0 Å². The number of nitrogens with zero attached hydrogens (tertiary/aromatic N) is 2. The van der Waals surface area contributed by atoms with Gasteiger partial charge in [0.15, 0.2) is 0 Å². The van der Waals surface area contributed by atoms with Crippen LogP contribution in [0.15, 0.2) is 108 Å². The molecule has 0 spiro atoms. The Balaban J connectivity index is 1.42. The number of esters is 1. The smallest absolute Gasteiger partial charge is 0.338 e. The minimum absolute atomic E-state index is 0.172. The molecule has 4 aromatic rings. The number of anilines is 1. The molecule has 6 nitrogen and oxygen atoms in total. The van der Waals surface area contributed by atoms with Gasteiger partial charge in [0.1, 0.15) is 5.92 Å². The molecule has 1 atom stereocenters.